The lowest BCUT2D eigenvalue weighted by atomic mass is 10.0. The number of hydrogen-bond donors (Lipinski definition) is 2. The molecule has 0 aromatic heterocycles. The second-order valence-corrected chi connectivity index (χ2v) is 4.68. The van der Waals surface area contributed by atoms with Crippen LogP contribution in [-0.4, -0.2) is 31.5 Å². The maximum atomic E-state index is 8.66. The summed E-state index contributed by atoms with van der Waals surface area (Å²) < 4.78 is 11.1. The SMILES string of the molecule is C[C@@H](N)c1ccc2ccccc2c1OCCOCCO. The molecule has 0 radical (unpaired) electrons. The van der Waals surface area contributed by atoms with E-state index in [9.17, 15) is 0 Å². The minimum Gasteiger partial charge on any atom is -0.490 e. The third kappa shape index (κ3) is 3.48. The first-order chi connectivity index (χ1) is 9.74. The van der Waals surface area contributed by atoms with Crippen molar-refractivity contribution in [3.8, 4) is 5.75 Å². The van der Waals surface area contributed by atoms with E-state index < -0.39 is 0 Å². The van der Waals surface area contributed by atoms with E-state index in [0.29, 0.717) is 19.8 Å². The second kappa shape index (κ2) is 7.24. The lowest BCUT2D eigenvalue weighted by molar-refractivity contribution is 0.0706. The molecular formula is C16H21NO3. The highest BCUT2D eigenvalue weighted by molar-refractivity contribution is 5.89. The Hall–Kier alpha value is -1.62. The summed E-state index contributed by atoms with van der Waals surface area (Å²) in [5, 5.41) is 10.8. The molecule has 0 aliphatic rings. The molecule has 0 amide bonds. The maximum Gasteiger partial charge on any atom is 0.131 e. The summed E-state index contributed by atoms with van der Waals surface area (Å²) >= 11 is 0. The maximum absolute atomic E-state index is 8.66. The van der Waals surface area contributed by atoms with Gasteiger partial charge in [0.05, 0.1) is 19.8 Å². The third-order valence-electron chi connectivity index (χ3n) is 3.11. The number of rotatable bonds is 7. The Balaban J connectivity index is 2.21. The summed E-state index contributed by atoms with van der Waals surface area (Å²) in [5.41, 5.74) is 7.00. The molecule has 0 bridgehead atoms. The van der Waals surface area contributed by atoms with Gasteiger partial charge in [0.15, 0.2) is 0 Å². The summed E-state index contributed by atoms with van der Waals surface area (Å²) in [6.45, 7) is 3.19. The van der Waals surface area contributed by atoms with E-state index in [1.807, 2.05) is 31.2 Å². The zero-order valence-electron chi connectivity index (χ0n) is 11.7. The van der Waals surface area contributed by atoms with Gasteiger partial charge in [-0.2, -0.15) is 0 Å². The van der Waals surface area contributed by atoms with Crippen molar-refractivity contribution in [3.05, 3.63) is 42.0 Å². The summed E-state index contributed by atoms with van der Waals surface area (Å²) in [6.07, 6.45) is 0. The summed E-state index contributed by atoms with van der Waals surface area (Å²) in [5.74, 6) is 0.825. The van der Waals surface area contributed by atoms with Gasteiger partial charge in [0.2, 0.25) is 0 Å². The van der Waals surface area contributed by atoms with E-state index in [-0.39, 0.29) is 12.6 Å². The molecule has 3 N–H and O–H groups in total. The molecule has 0 fully saturated rings. The van der Waals surface area contributed by atoms with Gasteiger partial charge in [0.25, 0.3) is 0 Å². The first kappa shape index (κ1) is 14.8. The molecule has 4 heteroatoms. The number of hydrogen-bond acceptors (Lipinski definition) is 4. The van der Waals surface area contributed by atoms with Gasteiger partial charge in [-0.15, -0.1) is 0 Å². The molecule has 0 saturated heterocycles. The third-order valence-corrected chi connectivity index (χ3v) is 3.11. The minimum atomic E-state index is -0.0898. The normalized spacial score (nSPS) is 12.6. The zero-order valence-corrected chi connectivity index (χ0v) is 11.7. The van der Waals surface area contributed by atoms with Gasteiger partial charge < -0.3 is 20.3 Å². The molecule has 0 spiro atoms. The van der Waals surface area contributed by atoms with Crippen molar-refractivity contribution in [3.63, 3.8) is 0 Å². The fraction of sp³-hybridized carbons (Fsp3) is 0.375. The molecule has 2 rings (SSSR count). The average Bonchev–Trinajstić information content (AvgIpc) is 2.46. The predicted octanol–water partition coefficient (Wildman–Crippen LogP) is 2.25. The molecule has 0 saturated carbocycles. The van der Waals surface area contributed by atoms with E-state index in [1.165, 1.54) is 0 Å². The number of benzene rings is 2. The monoisotopic (exact) mass is 275 g/mol. The summed E-state index contributed by atoms with van der Waals surface area (Å²) in [6, 6.07) is 12.1. The molecule has 108 valence electrons. The van der Waals surface area contributed by atoms with Gasteiger partial charge in [-0.05, 0) is 12.3 Å². The standard InChI is InChI=1S/C16H21NO3/c1-12(17)14-7-6-13-4-2-3-5-15(13)16(14)20-11-10-19-9-8-18/h2-7,12,18H,8-11,17H2,1H3/t12-/m1/s1. The highest BCUT2D eigenvalue weighted by Gasteiger charge is 2.12. The number of ether oxygens (including phenoxy) is 2. The number of aliphatic hydroxyl groups excluding tert-OH is 1. The van der Waals surface area contributed by atoms with E-state index in [1.54, 1.807) is 0 Å². The van der Waals surface area contributed by atoms with Crippen LogP contribution in [0.15, 0.2) is 36.4 Å². The fourth-order valence-corrected chi connectivity index (χ4v) is 2.15. The first-order valence-electron chi connectivity index (χ1n) is 6.82. The Kier molecular flexibility index (Phi) is 5.35. The number of fused-ring (bicyclic) bond motifs is 1. The van der Waals surface area contributed by atoms with E-state index in [4.69, 9.17) is 20.3 Å². The quantitative estimate of drug-likeness (QED) is 0.761. The Labute approximate surface area is 119 Å². The van der Waals surface area contributed by atoms with E-state index >= 15 is 0 Å². The van der Waals surface area contributed by atoms with Gasteiger partial charge in [-0.1, -0.05) is 36.4 Å². The van der Waals surface area contributed by atoms with Crippen LogP contribution < -0.4 is 10.5 Å². The van der Waals surface area contributed by atoms with Crippen LogP contribution >= 0.6 is 0 Å². The first-order valence-corrected chi connectivity index (χ1v) is 6.82. The van der Waals surface area contributed by atoms with Crippen LogP contribution in [0.25, 0.3) is 10.8 Å². The van der Waals surface area contributed by atoms with Crippen molar-refractivity contribution in [2.24, 2.45) is 5.73 Å². The molecule has 0 unspecified atom stereocenters. The summed E-state index contributed by atoms with van der Waals surface area (Å²) in [7, 11) is 0. The molecule has 0 aliphatic heterocycles. The van der Waals surface area contributed by atoms with E-state index in [2.05, 4.69) is 12.1 Å². The summed E-state index contributed by atoms with van der Waals surface area (Å²) in [4.78, 5) is 0. The molecular weight excluding hydrogens is 254 g/mol. The van der Waals surface area contributed by atoms with Crippen molar-refractivity contribution >= 4 is 10.8 Å². The van der Waals surface area contributed by atoms with Crippen LogP contribution in [0.1, 0.15) is 18.5 Å². The van der Waals surface area contributed by atoms with Crippen LogP contribution in [0, 0.1) is 0 Å². The Morgan fingerprint density at radius 1 is 1.10 bits per heavy atom. The molecule has 1 atom stereocenters. The topological polar surface area (TPSA) is 64.7 Å². The van der Waals surface area contributed by atoms with Crippen LogP contribution in [0.3, 0.4) is 0 Å². The van der Waals surface area contributed by atoms with Gasteiger partial charge in [-0.25, -0.2) is 0 Å². The Morgan fingerprint density at radius 2 is 1.90 bits per heavy atom. The number of aliphatic hydroxyl groups is 1. The largest absolute Gasteiger partial charge is 0.490 e. The van der Waals surface area contributed by atoms with Crippen LogP contribution in [-0.2, 0) is 4.74 Å². The van der Waals surface area contributed by atoms with Gasteiger partial charge in [0, 0.05) is 17.0 Å². The van der Waals surface area contributed by atoms with Crippen LogP contribution in [0.2, 0.25) is 0 Å². The molecule has 2 aromatic carbocycles. The van der Waals surface area contributed by atoms with E-state index in [0.717, 1.165) is 22.1 Å². The Morgan fingerprint density at radius 3 is 2.65 bits per heavy atom. The van der Waals surface area contributed by atoms with Gasteiger partial charge >= 0.3 is 0 Å². The molecule has 20 heavy (non-hydrogen) atoms. The van der Waals surface area contributed by atoms with Crippen molar-refractivity contribution in [1.29, 1.82) is 0 Å². The molecule has 4 nitrogen and oxygen atoms in total. The molecule has 0 aliphatic carbocycles. The predicted molar refractivity (Wildman–Crippen MR) is 80.0 cm³/mol. The van der Waals surface area contributed by atoms with Crippen molar-refractivity contribution < 1.29 is 14.6 Å². The fourth-order valence-electron chi connectivity index (χ4n) is 2.15. The van der Waals surface area contributed by atoms with Gasteiger partial charge in [-0.3, -0.25) is 0 Å². The highest BCUT2D eigenvalue weighted by atomic mass is 16.5. The smallest absolute Gasteiger partial charge is 0.131 e. The average molecular weight is 275 g/mol. The van der Waals surface area contributed by atoms with Crippen LogP contribution in [0.4, 0.5) is 0 Å². The molecule has 0 heterocycles. The van der Waals surface area contributed by atoms with Crippen molar-refractivity contribution in [2.45, 2.75) is 13.0 Å². The lowest BCUT2D eigenvalue weighted by Crippen LogP contribution is -2.12. The van der Waals surface area contributed by atoms with Crippen molar-refractivity contribution in [2.75, 3.05) is 26.4 Å². The zero-order chi connectivity index (χ0) is 14.4. The van der Waals surface area contributed by atoms with Crippen molar-refractivity contribution in [1.82, 2.24) is 0 Å². The second-order valence-electron chi connectivity index (χ2n) is 4.68. The highest BCUT2D eigenvalue weighted by Crippen LogP contribution is 2.32. The molecule has 2 aromatic rings. The Bertz CT molecular complexity index is 554. The lowest BCUT2D eigenvalue weighted by Gasteiger charge is -2.16. The van der Waals surface area contributed by atoms with Gasteiger partial charge in [0.1, 0.15) is 12.4 Å². The van der Waals surface area contributed by atoms with Crippen LogP contribution in [0.5, 0.6) is 5.75 Å². The minimum absolute atomic E-state index is 0.0271. The number of nitrogens with two attached hydrogens (primary N) is 1.